The number of hydrogen-bond acceptors (Lipinski definition) is 1. The van der Waals surface area contributed by atoms with Gasteiger partial charge in [-0.1, -0.05) is 30.3 Å². The van der Waals surface area contributed by atoms with E-state index in [9.17, 15) is 4.79 Å². The first-order chi connectivity index (χ1) is 7.27. The Morgan fingerprint density at radius 2 is 2.07 bits per heavy atom. The molecule has 0 bridgehead atoms. The van der Waals surface area contributed by atoms with Gasteiger partial charge in [-0.2, -0.15) is 0 Å². The lowest BCUT2D eigenvalue weighted by atomic mass is 10.0. The summed E-state index contributed by atoms with van der Waals surface area (Å²) in [6, 6.07) is 10.6. The first kappa shape index (κ1) is 10.2. The molecule has 1 amide bonds. The molecule has 15 heavy (non-hydrogen) atoms. The van der Waals surface area contributed by atoms with E-state index in [1.807, 2.05) is 23.1 Å². The van der Waals surface area contributed by atoms with Gasteiger partial charge in [0.25, 0.3) is 0 Å². The van der Waals surface area contributed by atoms with E-state index < -0.39 is 0 Å². The van der Waals surface area contributed by atoms with Gasteiger partial charge in [0.1, 0.15) is 0 Å². The van der Waals surface area contributed by atoms with Gasteiger partial charge < -0.3 is 4.90 Å². The van der Waals surface area contributed by atoms with E-state index in [-0.39, 0.29) is 0 Å². The van der Waals surface area contributed by atoms with Crippen LogP contribution in [0.2, 0.25) is 0 Å². The summed E-state index contributed by atoms with van der Waals surface area (Å²) in [4.78, 5) is 13.7. The summed E-state index contributed by atoms with van der Waals surface area (Å²) in [6.07, 6.45) is 2.90. The molecule has 0 unspecified atom stereocenters. The molecule has 1 atom stereocenters. The summed E-state index contributed by atoms with van der Waals surface area (Å²) in [6.45, 7) is 2.90. The molecule has 0 saturated carbocycles. The maximum absolute atomic E-state index is 11.7. The van der Waals surface area contributed by atoms with Crippen molar-refractivity contribution < 1.29 is 4.79 Å². The average Bonchev–Trinajstić information content (AvgIpc) is 2.25. The topological polar surface area (TPSA) is 20.3 Å². The normalized spacial score (nSPS) is 21.8. The van der Waals surface area contributed by atoms with Gasteiger partial charge in [0, 0.05) is 19.0 Å². The van der Waals surface area contributed by atoms with Gasteiger partial charge in [-0.3, -0.25) is 4.79 Å². The van der Waals surface area contributed by atoms with Crippen LogP contribution in [0.15, 0.2) is 30.3 Å². The zero-order valence-electron chi connectivity index (χ0n) is 9.15. The molecule has 1 aliphatic rings. The summed E-state index contributed by atoms with van der Waals surface area (Å²) in [5, 5.41) is 0. The van der Waals surface area contributed by atoms with Crippen LogP contribution in [-0.4, -0.2) is 16.8 Å². The smallest absolute Gasteiger partial charge is 0.223 e. The lowest BCUT2D eigenvalue weighted by Crippen LogP contribution is -2.41. The van der Waals surface area contributed by atoms with Gasteiger partial charge in [0.2, 0.25) is 5.91 Å². The van der Waals surface area contributed by atoms with Crippen LogP contribution in [0.4, 0.5) is 0 Å². The Labute approximate surface area is 90.9 Å². The summed E-state index contributed by atoms with van der Waals surface area (Å²) < 4.78 is 0. The van der Waals surface area contributed by atoms with Crippen LogP contribution >= 0.6 is 0 Å². The number of nitrogens with zero attached hydrogens (tertiary/aromatic N) is 1. The first-order valence-electron chi connectivity index (χ1n) is 5.61. The number of hydrogen-bond donors (Lipinski definition) is 0. The van der Waals surface area contributed by atoms with E-state index in [4.69, 9.17) is 0 Å². The van der Waals surface area contributed by atoms with Crippen molar-refractivity contribution in [3.63, 3.8) is 0 Å². The fourth-order valence-corrected chi connectivity index (χ4v) is 2.12. The van der Waals surface area contributed by atoms with Crippen molar-refractivity contribution >= 4 is 5.91 Å². The molecule has 1 aliphatic heterocycles. The summed E-state index contributed by atoms with van der Waals surface area (Å²) in [5.74, 6) is 0.303. The number of carbonyl (C=O) groups is 1. The third-order valence-corrected chi connectivity index (χ3v) is 3.06. The monoisotopic (exact) mass is 203 g/mol. The highest BCUT2D eigenvalue weighted by Gasteiger charge is 2.24. The summed E-state index contributed by atoms with van der Waals surface area (Å²) >= 11 is 0. The molecule has 0 aliphatic carbocycles. The molecule has 0 aromatic heterocycles. The van der Waals surface area contributed by atoms with Crippen LogP contribution in [0, 0.1) is 0 Å². The third kappa shape index (κ3) is 2.38. The minimum absolute atomic E-state index is 0.303. The second-order valence-electron chi connectivity index (χ2n) is 4.25. The molecular weight excluding hydrogens is 186 g/mol. The second-order valence-corrected chi connectivity index (χ2v) is 4.25. The van der Waals surface area contributed by atoms with E-state index in [2.05, 4.69) is 19.1 Å². The maximum Gasteiger partial charge on any atom is 0.223 e. The Morgan fingerprint density at radius 1 is 1.33 bits per heavy atom. The predicted octanol–water partition coefficient (Wildman–Crippen LogP) is 2.59. The van der Waals surface area contributed by atoms with E-state index >= 15 is 0 Å². The van der Waals surface area contributed by atoms with Crippen molar-refractivity contribution in [2.75, 3.05) is 0 Å². The minimum Gasteiger partial charge on any atom is -0.336 e. The van der Waals surface area contributed by atoms with E-state index in [0.29, 0.717) is 11.9 Å². The predicted molar refractivity (Wildman–Crippen MR) is 60.3 cm³/mol. The quantitative estimate of drug-likeness (QED) is 0.723. The number of rotatable bonds is 2. The molecule has 80 valence electrons. The Kier molecular flexibility index (Phi) is 3.05. The minimum atomic E-state index is 0.303. The molecule has 0 N–H and O–H groups in total. The van der Waals surface area contributed by atoms with Crippen LogP contribution in [0.5, 0.6) is 0 Å². The molecular formula is C13H17NO. The highest BCUT2D eigenvalue weighted by Crippen LogP contribution is 2.20. The fourth-order valence-electron chi connectivity index (χ4n) is 2.12. The van der Waals surface area contributed by atoms with Gasteiger partial charge >= 0.3 is 0 Å². The Bertz CT molecular complexity index is 334. The van der Waals surface area contributed by atoms with E-state index in [1.54, 1.807) is 0 Å². The summed E-state index contributed by atoms with van der Waals surface area (Å²) in [7, 11) is 0. The molecule has 2 rings (SSSR count). The number of amides is 1. The van der Waals surface area contributed by atoms with Gasteiger partial charge in [-0.25, -0.2) is 0 Å². The number of likely N-dealkylation sites (tertiary alicyclic amines) is 1. The van der Waals surface area contributed by atoms with E-state index in [0.717, 1.165) is 25.8 Å². The largest absolute Gasteiger partial charge is 0.336 e. The van der Waals surface area contributed by atoms with Crippen molar-refractivity contribution in [2.45, 2.75) is 38.8 Å². The van der Waals surface area contributed by atoms with Crippen LogP contribution in [0.25, 0.3) is 0 Å². The second kappa shape index (κ2) is 4.47. The van der Waals surface area contributed by atoms with Crippen LogP contribution in [0.1, 0.15) is 31.7 Å². The molecule has 1 aromatic carbocycles. The third-order valence-electron chi connectivity index (χ3n) is 3.06. The first-order valence-corrected chi connectivity index (χ1v) is 5.61. The number of carbonyl (C=O) groups excluding carboxylic acids is 1. The van der Waals surface area contributed by atoms with E-state index in [1.165, 1.54) is 5.56 Å². The van der Waals surface area contributed by atoms with Crippen molar-refractivity contribution in [2.24, 2.45) is 0 Å². The standard InChI is InChI=1S/C13H17NO/c1-11-6-5-9-13(15)14(11)10-12-7-3-2-4-8-12/h2-4,7-8,11H,5-6,9-10H2,1H3/t11-/m0/s1. The lowest BCUT2D eigenvalue weighted by molar-refractivity contribution is -0.136. The molecule has 1 fully saturated rings. The molecule has 1 aromatic rings. The molecule has 0 spiro atoms. The maximum atomic E-state index is 11.7. The van der Waals surface area contributed by atoms with Gasteiger partial charge in [0.05, 0.1) is 0 Å². The molecule has 1 heterocycles. The highest BCUT2D eigenvalue weighted by molar-refractivity contribution is 5.77. The SMILES string of the molecule is C[C@H]1CCCC(=O)N1Cc1ccccc1. The van der Waals surface area contributed by atoms with Crippen molar-refractivity contribution in [1.29, 1.82) is 0 Å². The highest BCUT2D eigenvalue weighted by atomic mass is 16.2. The van der Waals surface area contributed by atoms with Crippen molar-refractivity contribution in [3.05, 3.63) is 35.9 Å². The molecule has 2 heteroatoms. The van der Waals surface area contributed by atoms with Crippen LogP contribution < -0.4 is 0 Å². The molecule has 0 radical (unpaired) electrons. The Balaban J connectivity index is 2.07. The van der Waals surface area contributed by atoms with Gasteiger partial charge in [-0.15, -0.1) is 0 Å². The molecule has 1 saturated heterocycles. The summed E-state index contributed by atoms with van der Waals surface area (Å²) in [5.41, 5.74) is 1.22. The average molecular weight is 203 g/mol. The van der Waals surface area contributed by atoms with Crippen molar-refractivity contribution in [3.8, 4) is 0 Å². The zero-order chi connectivity index (χ0) is 10.7. The number of benzene rings is 1. The van der Waals surface area contributed by atoms with Gasteiger partial charge in [-0.05, 0) is 25.3 Å². The zero-order valence-corrected chi connectivity index (χ0v) is 9.15. The molecule has 2 nitrogen and oxygen atoms in total. The lowest BCUT2D eigenvalue weighted by Gasteiger charge is -2.33. The van der Waals surface area contributed by atoms with Crippen molar-refractivity contribution in [1.82, 2.24) is 4.90 Å². The van der Waals surface area contributed by atoms with Gasteiger partial charge in [0.15, 0.2) is 0 Å². The van der Waals surface area contributed by atoms with Crippen LogP contribution in [-0.2, 0) is 11.3 Å². The van der Waals surface area contributed by atoms with Crippen LogP contribution in [0.3, 0.4) is 0 Å². The number of piperidine rings is 1. The Morgan fingerprint density at radius 3 is 2.73 bits per heavy atom. The Hall–Kier alpha value is -1.31. The fraction of sp³-hybridized carbons (Fsp3) is 0.462.